The van der Waals surface area contributed by atoms with E-state index in [4.69, 9.17) is 5.73 Å². The van der Waals surface area contributed by atoms with Crippen molar-refractivity contribution in [3.05, 3.63) is 11.6 Å². The van der Waals surface area contributed by atoms with E-state index >= 15 is 0 Å². The minimum atomic E-state index is -0.585. The number of hydrogen-bond donors (Lipinski definition) is 2. The maximum absolute atomic E-state index is 10.7. The first-order chi connectivity index (χ1) is 8.15. The zero-order valence-electron chi connectivity index (χ0n) is 10.5. The Morgan fingerprint density at radius 1 is 1.41 bits per heavy atom. The van der Waals surface area contributed by atoms with Gasteiger partial charge in [0, 0.05) is 11.1 Å². The number of nitrogens with one attached hydrogen (secondary N) is 1. The van der Waals surface area contributed by atoms with Gasteiger partial charge in [0.25, 0.3) is 0 Å². The van der Waals surface area contributed by atoms with E-state index in [1.165, 1.54) is 37.7 Å². The molecule has 2 rings (SSSR count). The number of amides is 2. The van der Waals surface area contributed by atoms with E-state index in [2.05, 4.69) is 16.6 Å². The molecule has 4 heteroatoms. The maximum Gasteiger partial charge on any atom is 0.332 e. The zero-order chi connectivity index (χ0) is 12.3. The highest BCUT2D eigenvalue weighted by atomic mass is 16.2. The van der Waals surface area contributed by atoms with Gasteiger partial charge in [-0.3, -0.25) is 0 Å². The van der Waals surface area contributed by atoms with Crippen LogP contribution in [0.4, 0.5) is 4.79 Å². The van der Waals surface area contributed by atoms with Gasteiger partial charge < -0.3 is 5.73 Å². The summed E-state index contributed by atoms with van der Waals surface area (Å²) < 4.78 is 0. The summed E-state index contributed by atoms with van der Waals surface area (Å²) in [6.07, 6.45) is 10.8. The standard InChI is InChI=1S/C13H21N3O/c1-10(15-16-12(14)17)13-8-4-2-6-11(13)7-3-5-9-13/h6H,2-5,7-9H2,1H3,(H3,14,16,17)/b15-10+/t13-/m0/s1. The first kappa shape index (κ1) is 12.1. The number of primary amides is 1. The summed E-state index contributed by atoms with van der Waals surface area (Å²) in [7, 11) is 0. The Balaban J connectivity index is 2.24. The van der Waals surface area contributed by atoms with Crippen molar-refractivity contribution in [2.45, 2.75) is 51.9 Å². The van der Waals surface area contributed by atoms with Gasteiger partial charge in [-0.15, -0.1) is 0 Å². The molecule has 0 heterocycles. The topological polar surface area (TPSA) is 67.5 Å². The molecule has 0 bridgehead atoms. The third-order valence-electron chi connectivity index (χ3n) is 4.14. The van der Waals surface area contributed by atoms with Gasteiger partial charge in [0.05, 0.1) is 0 Å². The molecule has 0 aromatic heterocycles. The second-order valence-electron chi connectivity index (χ2n) is 5.08. The van der Waals surface area contributed by atoms with Crippen LogP contribution in [0.1, 0.15) is 51.9 Å². The quantitative estimate of drug-likeness (QED) is 0.431. The fraction of sp³-hybridized carbons (Fsp3) is 0.692. The molecule has 0 aromatic rings. The third kappa shape index (κ3) is 2.35. The molecular weight excluding hydrogens is 214 g/mol. The molecule has 2 aliphatic rings. The summed E-state index contributed by atoms with van der Waals surface area (Å²) in [5.41, 5.74) is 10.1. The van der Waals surface area contributed by atoms with Crippen LogP contribution in [0.5, 0.6) is 0 Å². The van der Waals surface area contributed by atoms with Crippen LogP contribution >= 0.6 is 0 Å². The highest BCUT2D eigenvalue weighted by molar-refractivity contribution is 5.92. The average molecular weight is 235 g/mol. The Morgan fingerprint density at radius 3 is 2.94 bits per heavy atom. The second-order valence-corrected chi connectivity index (χ2v) is 5.08. The number of nitrogens with two attached hydrogens (primary N) is 1. The van der Waals surface area contributed by atoms with Crippen molar-refractivity contribution < 1.29 is 4.79 Å². The van der Waals surface area contributed by atoms with E-state index in [1.54, 1.807) is 0 Å². The van der Waals surface area contributed by atoms with Crippen molar-refractivity contribution in [1.29, 1.82) is 0 Å². The molecule has 2 amide bonds. The summed E-state index contributed by atoms with van der Waals surface area (Å²) in [6, 6.07) is -0.585. The molecule has 0 unspecified atom stereocenters. The van der Waals surface area contributed by atoms with E-state index in [0.29, 0.717) is 0 Å². The summed E-state index contributed by atoms with van der Waals surface area (Å²) in [4.78, 5) is 10.7. The van der Waals surface area contributed by atoms with Crippen molar-refractivity contribution in [2.75, 3.05) is 0 Å². The summed E-state index contributed by atoms with van der Waals surface area (Å²) >= 11 is 0. The van der Waals surface area contributed by atoms with Crippen LogP contribution in [-0.4, -0.2) is 11.7 Å². The molecular formula is C13H21N3O. The molecule has 4 nitrogen and oxygen atoms in total. The Labute approximate surface area is 102 Å². The fourth-order valence-electron chi connectivity index (χ4n) is 3.25. The van der Waals surface area contributed by atoms with Crippen LogP contribution in [0.3, 0.4) is 0 Å². The van der Waals surface area contributed by atoms with Gasteiger partial charge in [0.2, 0.25) is 0 Å². The predicted octanol–water partition coefficient (Wildman–Crippen LogP) is 2.70. The van der Waals surface area contributed by atoms with Gasteiger partial charge in [-0.2, -0.15) is 5.10 Å². The molecule has 0 spiro atoms. The van der Waals surface area contributed by atoms with Gasteiger partial charge in [-0.1, -0.05) is 18.1 Å². The summed E-state index contributed by atoms with van der Waals surface area (Å²) in [5, 5.41) is 4.17. The van der Waals surface area contributed by atoms with Gasteiger partial charge in [0.15, 0.2) is 0 Å². The maximum atomic E-state index is 10.7. The van der Waals surface area contributed by atoms with Gasteiger partial charge in [-0.05, 0) is 45.4 Å². The molecule has 3 N–H and O–H groups in total. The largest absolute Gasteiger partial charge is 0.350 e. The smallest absolute Gasteiger partial charge is 0.332 e. The number of rotatable bonds is 2. The predicted molar refractivity (Wildman–Crippen MR) is 68.7 cm³/mol. The minimum absolute atomic E-state index is 0.110. The monoisotopic (exact) mass is 235 g/mol. The molecule has 2 aliphatic carbocycles. The fourth-order valence-corrected chi connectivity index (χ4v) is 3.25. The third-order valence-corrected chi connectivity index (χ3v) is 4.14. The molecule has 0 aliphatic heterocycles. The Hall–Kier alpha value is -1.32. The second kappa shape index (κ2) is 4.90. The Morgan fingerprint density at radius 2 is 2.18 bits per heavy atom. The molecule has 0 aromatic carbocycles. The van der Waals surface area contributed by atoms with Crippen LogP contribution in [0, 0.1) is 5.41 Å². The molecule has 1 fully saturated rings. The number of hydrogen-bond acceptors (Lipinski definition) is 2. The normalized spacial score (nSPS) is 29.2. The van der Waals surface area contributed by atoms with E-state index < -0.39 is 6.03 Å². The molecule has 17 heavy (non-hydrogen) atoms. The van der Waals surface area contributed by atoms with Gasteiger partial charge >= 0.3 is 6.03 Å². The number of carbonyl (C=O) groups excluding carboxylic acids is 1. The number of urea groups is 1. The summed E-state index contributed by atoms with van der Waals surface area (Å²) in [5.74, 6) is 0. The number of carbonyl (C=O) groups is 1. The van der Waals surface area contributed by atoms with E-state index in [9.17, 15) is 4.79 Å². The number of fused-ring (bicyclic) bond motifs is 1. The van der Waals surface area contributed by atoms with Gasteiger partial charge in [0.1, 0.15) is 0 Å². The lowest BCUT2D eigenvalue weighted by Gasteiger charge is -2.42. The van der Waals surface area contributed by atoms with Crippen LogP contribution < -0.4 is 11.2 Å². The van der Waals surface area contributed by atoms with E-state index in [1.807, 2.05) is 6.92 Å². The molecule has 0 saturated heterocycles. The highest BCUT2D eigenvalue weighted by Crippen LogP contribution is 2.48. The minimum Gasteiger partial charge on any atom is -0.350 e. The van der Waals surface area contributed by atoms with Crippen LogP contribution in [-0.2, 0) is 0 Å². The highest BCUT2D eigenvalue weighted by Gasteiger charge is 2.40. The molecule has 94 valence electrons. The lowest BCUT2D eigenvalue weighted by Crippen LogP contribution is -2.38. The number of hydrazone groups is 1. The van der Waals surface area contributed by atoms with Crippen LogP contribution in [0.2, 0.25) is 0 Å². The first-order valence-electron chi connectivity index (χ1n) is 6.45. The number of nitrogens with zero attached hydrogens (tertiary/aromatic N) is 1. The first-order valence-corrected chi connectivity index (χ1v) is 6.45. The van der Waals surface area contributed by atoms with Crippen molar-refractivity contribution in [3.63, 3.8) is 0 Å². The van der Waals surface area contributed by atoms with Crippen molar-refractivity contribution in [1.82, 2.24) is 5.43 Å². The van der Waals surface area contributed by atoms with E-state index in [0.717, 1.165) is 18.6 Å². The van der Waals surface area contributed by atoms with Gasteiger partial charge in [-0.25, -0.2) is 10.2 Å². The average Bonchev–Trinajstić information content (AvgIpc) is 2.35. The lowest BCUT2D eigenvalue weighted by atomic mass is 9.62. The van der Waals surface area contributed by atoms with Crippen LogP contribution in [0.15, 0.2) is 16.8 Å². The number of allylic oxidation sites excluding steroid dienone is 2. The van der Waals surface area contributed by atoms with Crippen molar-refractivity contribution in [2.24, 2.45) is 16.3 Å². The Bertz CT molecular complexity index is 373. The molecule has 1 saturated carbocycles. The van der Waals surface area contributed by atoms with Crippen molar-refractivity contribution >= 4 is 11.7 Å². The van der Waals surface area contributed by atoms with Crippen LogP contribution in [0.25, 0.3) is 0 Å². The molecule has 1 atom stereocenters. The molecule has 0 radical (unpaired) electrons. The van der Waals surface area contributed by atoms with E-state index in [-0.39, 0.29) is 5.41 Å². The zero-order valence-corrected chi connectivity index (χ0v) is 10.5. The Kier molecular flexibility index (Phi) is 3.50. The SMILES string of the molecule is C/C(=N\NC(N)=O)[C@@]12CCCC=C1CCCC2. The van der Waals surface area contributed by atoms with Crippen molar-refractivity contribution in [3.8, 4) is 0 Å². The lowest BCUT2D eigenvalue weighted by molar-refractivity contribution is 0.249. The summed E-state index contributed by atoms with van der Waals surface area (Å²) in [6.45, 7) is 2.01.